The molecule has 2 aromatic rings. The molecule has 0 fully saturated rings. The molecule has 1 amide bonds. The third kappa shape index (κ3) is 2.88. The highest BCUT2D eigenvalue weighted by Crippen LogP contribution is 2.24. The number of carbonyl (C=O) groups is 1. The lowest BCUT2D eigenvalue weighted by Gasteiger charge is -2.11. The van der Waals surface area contributed by atoms with Crippen LogP contribution in [0.1, 0.15) is 22.8 Å². The SMILES string of the molecule is CCc1ccccc1NC(=O)c1cccc(N)c1Cl. The first-order chi connectivity index (χ1) is 9.13. The van der Waals surface area contributed by atoms with Crippen LogP contribution < -0.4 is 11.1 Å². The van der Waals surface area contributed by atoms with Crippen molar-refractivity contribution in [3.05, 3.63) is 58.6 Å². The molecule has 0 radical (unpaired) electrons. The molecule has 0 aliphatic carbocycles. The zero-order valence-electron chi connectivity index (χ0n) is 10.6. The second-order valence-electron chi connectivity index (χ2n) is 4.17. The summed E-state index contributed by atoms with van der Waals surface area (Å²) in [5.41, 5.74) is 8.36. The predicted molar refractivity (Wildman–Crippen MR) is 79.6 cm³/mol. The molecule has 0 atom stereocenters. The molecule has 4 heteroatoms. The number of hydrogen-bond acceptors (Lipinski definition) is 2. The van der Waals surface area contributed by atoms with E-state index >= 15 is 0 Å². The minimum absolute atomic E-state index is 0.252. The molecule has 0 spiro atoms. The lowest BCUT2D eigenvalue weighted by molar-refractivity contribution is 0.102. The van der Waals surface area contributed by atoms with Crippen LogP contribution in [0.3, 0.4) is 0 Å². The van der Waals surface area contributed by atoms with Crippen LogP contribution in [0.2, 0.25) is 5.02 Å². The van der Waals surface area contributed by atoms with E-state index in [0.717, 1.165) is 17.7 Å². The molecule has 0 heterocycles. The first-order valence-electron chi connectivity index (χ1n) is 6.06. The summed E-state index contributed by atoms with van der Waals surface area (Å²) in [6, 6.07) is 12.7. The largest absolute Gasteiger partial charge is 0.398 e. The van der Waals surface area contributed by atoms with Crippen molar-refractivity contribution in [3.63, 3.8) is 0 Å². The third-order valence-corrected chi connectivity index (χ3v) is 3.34. The normalized spacial score (nSPS) is 10.2. The summed E-state index contributed by atoms with van der Waals surface area (Å²) < 4.78 is 0. The van der Waals surface area contributed by atoms with Gasteiger partial charge < -0.3 is 11.1 Å². The fourth-order valence-corrected chi connectivity index (χ4v) is 2.08. The number of nitrogens with one attached hydrogen (secondary N) is 1. The summed E-state index contributed by atoms with van der Waals surface area (Å²) in [6.07, 6.45) is 0.848. The number of rotatable bonds is 3. The minimum atomic E-state index is -0.252. The topological polar surface area (TPSA) is 55.1 Å². The van der Waals surface area contributed by atoms with Gasteiger partial charge in [-0.15, -0.1) is 0 Å². The summed E-state index contributed by atoms with van der Waals surface area (Å²) in [4.78, 5) is 12.2. The Morgan fingerprint density at radius 2 is 1.95 bits per heavy atom. The molecule has 0 aliphatic rings. The molecule has 0 aliphatic heterocycles. The van der Waals surface area contributed by atoms with E-state index in [2.05, 4.69) is 5.32 Å². The van der Waals surface area contributed by atoms with Crippen molar-refractivity contribution < 1.29 is 4.79 Å². The van der Waals surface area contributed by atoms with E-state index in [1.165, 1.54) is 0 Å². The van der Waals surface area contributed by atoms with Crippen molar-refractivity contribution in [3.8, 4) is 0 Å². The van der Waals surface area contributed by atoms with E-state index in [4.69, 9.17) is 17.3 Å². The van der Waals surface area contributed by atoms with Gasteiger partial charge in [-0.2, -0.15) is 0 Å². The van der Waals surface area contributed by atoms with E-state index in [-0.39, 0.29) is 10.9 Å². The Bertz CT molecular complexity index is 611. The quantitative estimate of drug-likeness (QED) is 0.838. The fourth-order valence-electron chi connectivity index (χ4n) is 1.87. The Kier molecular flexibility index (Phi) is 4.07. The zero-order chi connectivity index (χ0) is 13.8. The van der Waals surface area contributed by atoms with Crippen molar-refractivity contribution in [2.75, 3.05) is 11.1 Å². The third-order valence-electron chi connectivity index (χ3n) is 2.92. The van der Waals surface area contributed by atoms with E-state index in [1.807, 2.05) is 31.2 Å². The number of para-hydroxylation sites is 1. The Labute approximate surface area is 117 Å². The first kappa shape index (κ1) is 13.4. The molecule has 0 saturated heterocycles. The minimum Gasteiger partial charge on any atom is -0.398 e. The van der Waals surface area contributed by atoms with Gasteiger partial charge in [0.2, 0.25) is 0 Å². The number of anilines is 2. The molecular formula is C15H15ClN2O. The van der Waals surface area contributed by atoms with Gasteiger partial charge in [-0.3, -0.25) is 4.79 Å². The molecule has 2 aromatic carbocycles. The summed E-state index contributed by atoms with van der Waals surface area (Å²) in [7, 11) is 0. The van der Waals surface area contributed by atoms with E-state index in [1.54, 1.807) is 18.2 Å². The van der Waals surface area contributed by atoms with Gasteiger partial charge in [0, 0.05) is 5.69 Å². The number of nitrogen functional groups attached to an aromatic ring is 1. The summed E-state index contributed by atoms with van der Waals surface area (Å²) >= 11 is 6.04. The van der Waals surface area contributed by atoms with Gasteiger partial charge in [0.1, 0.15) is 0 Å². The monoisotopic (exact) mass is 274 g/mol. The lowest BCUT2D eigenvalue weighted by atomic mass is 10.1. The van der Waals surface area contributed by atoms with E-state index in [0.29, 0.717) is 11.3 Å². The summed E-state index contributed by atoms with van der Waals surface area (Å²) in [5, 5.41) is 3.15. The average molecular weight is 275 g/mol. The van der Waals surface area contributed by atoms with Crippen LogP contribution in [-0.2, 0) is 6.42 Å². The highest BCUT2D eigenvalue weighted by atomic mass is 35.5. The molecule has 98 valence electrons. The van der Waals surface area contributed by atoms with Gasteiger partial charge in [0.25, 0.3) is 5.91 Å². The number of amides is 1. The number of nitrogens with two attached hydrogens (primary N) is 1. The van der Waals surface area contributed by atoms with Crippen molar-refractivity contribution in [2.24, 2.45) is 0 Å². The van der Waals surface area contributed by atoms with Crippen LogP contribution in [0, 0.1) is 0 Å². The van der Waals surface area contributed by atoms with Gasteiger partial charge in [-0.05, 0) is 30.2 Å². The number of halogens is 1. The Morgan fingerprint density at radius 1 is 1.21 bits per heavy atom. The molecular weight excluding hydrogens is 260 g/mol. The van der Waals surface area contributed by atoms with Crippen molar-refractivity contribution in [1.82, 2.24) is 0 Å². The van der Waals surface area contributed by atoms with Gasteiger partial charge in [-0.25, -0.2) is 0 Å². The Hall–Kier alpha value is -2.00. The Morgan fingerprint density at radius 3 is 2.68 bits per heavy atom. The van der Waals surface area contributed by atoms with Crippen molar-refractivity contribution in [2.45, 2.75) is 13.3 Å². The number of benzene rings is 2. The smallest absolute Gasteiger partial charge is 0.257 e. The van der Waals surface area contributed by atoms with E-state index in [9.17, 15) is 4.79 Å². The number of hydrogen-bond donors (Lipinski definition) is 2. The summed E-state index contributed by atoms with van der Waals surface area (Å²) in [6.45, 7) is 2.04. The van der Waals surface area contributed by atoms with Gasteiger partial charge in [0.05, 0.1) is 16.3 Å². The van der Waals surface area contributed by atoms with Crippen LogP contribution in [0.15, 0.2) is 42.5 Å². The molecule has 0 saturated carbocycles. The van der Waals surface area contributed by atoms with Gasteiger partial charge in [0.15, 0.2) is 0 Å². The zero-order valence-corrected chi connectivity index (χ0v) is 11.4. The maximum Gasteiger partial charge on any atom is 0.257 e. The van der Waals surface area contributed by atoms with Crippen LogP contribution in [0.5, 0.6) is 0 Å². The van der Waals surface area contributed by atoms with Crippen molar-refractivity contribution in [1.29, 1.82) is 0 Å². The van der Waals surface area contributed by atoms with Gasteiger partial charge >= 0.3 is 0 Å². The average Bonchev–Trinajstić information content (AvgIpc) is 2.42. The highest BCUT2D eigenvalue weighted by Gasteiger charge is 2.13. The fraction of sp³-hybridized carbons (Fsp3) is 0.133. The summed E-state index contributed by atoms with van der Waals surface area (Å²) in [5.74, 6) is -0.252. The molecule has 0 bridgehead atoms. The van der Waals surface area contributed by atoms with Gasteiger partial charge in [-0.1, -0.05) is 42.8 Å². The van der Waals surface area contributed by atoms with Crippen LogP contribution in [0.25, 0.3) is 0 Å². The lowest BCUT2D eigenvalue weighted by Crippen LogP contribution is -2.14. The second-order valence-corrected chi connectivity index (χ2v) is 4.55. The molecule has 0 unspecified atom stereocenters. The number of aryl methyl sites for hydroxylation is 1. The Balaban J connectivity index is 2.28. The standard InChI is InChI=1S/C15H15ClN2O/c1-2-10-6-3-4-9-13(10)18-15(19)11-7-5-8-12(17)14(11)16/h3-9H,2,17H2,1H3,(H,18,19). The second kappa shape index (κ2) is 5.76. The van der Waals surface area contributed by atoms with Crippen LogP contribution >= 0.6 is 11.6 Å². The van der Waals surface area contributed by atoms with Crippen LogP contribution in [0.4, 0.5) is 11.4 Å². The maximum absolute atomic E-state index is 12.2. The molecule has 0 aromatic heterocycles. The highest BCUT2D eigenvalue weighted by molar-refractivity contribution is 6.36. The number of carbonyl (C=O) groups excluding carboxylic acids is 1. The molecule has 3 nitrogen and oxygen atoms in total. The molecule has 3 N–H and O–H groups in total. The first-order valence-corrected chi connectivity index (χ1v) is 6.44. The molecule has 2 rings (SSSR count). The molecule has 19 heavy (non-hydrogen) atoms. The van der Waals surface area contributed by atoms with Crippen molar-refractivity contribution >= 4 is 28.9 Å². The predicted octanol–water partition coefficient (Wildman–Crippen LogP) is 3.74. The van der Waals surface area contributed by atoms with E-state index < -0.39 is 0 Å². The maximum atomic E-state index is 12.2. The van der Waals surface area contributed by atoms with Crippen LogP contribution in [-0.4, -0.2) is 5.91 Å².